The second kappa shape index (κ2) is 8.66. The standard InChI is InChI=1S/C25H23FN4O4/c1-13(33-19-11-12-27-24-17(19)8-10-20(31)29-24)3-9-18-14(2)21-22(23(21)34-18)30-25(32)28-16-6-4-15(26)5-7-16/h3-7,9,11-12,21-23H,2,8,10H2,1H3,(H,27,29,31)(H2,28,30,32)/b13-3+,18-9+/t21-,22-,23-/m0/s1. The number of amides is 3. The fraction of sp³-hybridized carbons (Fsp3) is 0.240. The lowest BCUT2D eigenvalue weighted by Gasteiger charge is -2.18. The first-order valence-electron chi connectivity index (χ1n) is 10.9. The van der Waals surface area contributed by atoms with Crippen LogP contribution in [0, 0.1) is 11.7 Å². The molecule has 2 fully saturated rings. The first kappa shape index (κ1) is 21.7. The van der Waals surface area contributed by atoms with Crippen LogP contribution in [0.5, 0.6) is 5.75 Å². The van der Waals surface area contributed by atoms with Crippen molar-refractivity contribution in [2.45, 2.75) is 31.9 Å². The van der Waals surface area contributed by atoms with Gasteiger partial charge in [-0.15, -0.1) is 0 Å². The van der Waals surface area contributed by atoms with Gasteiger partial charge < -0.3 is 25.4 Å². The van der Waals surface area contributed by atoms with Gasteiger partial charge in [0.05, 0.1) is 12.0 Å². The van der Waals surface area contributed by atoms with Crippen LogP contribution in [0.15, 0.2) is 72.4 Å². The van der Waals surface area contributed by atoms with E-state index in [1.807, 2.05) is 6.92 Å². The molecule has 9 heteroatoms. The predicted octanol–water partition coefficient (Wildman–Crippen LogP) is 4.05. The molecule has 2 aromatic rings. The van der Waals surface area contributed by atoms with Gasteiger partial charge in [-0.25, -0.2) is 14.2 Å². The number of urea groups is 1. The molecule has 1 aromatic carbocycles. The van der Waals surface area contributed by atoms with Gasteiger partial charge in [0.2, 0.25) is 5.91 Å². The van der Waals surface area contributed by atoms with Gasteiger partial charge in [-0.1, -0.05) is 6.58 Å². The third-order valence-corrected chi connectivity index (χ3v) is 5.95. The maximum absolute atomic E-state index is 13.0. The minimum atomic E-state index is -0.381. The average Bonchev–Trinajstić information content (AvgIpc) is 3.36. The van der Waals surface area contributed by atoms with Crippen LogP contribution in [0.4, 0.5) is 20.7 Å². The zero-order chi connectivity index (χ0) is 23.8. The Morgan fingerprint density at radius 2 is 2.09 bits per heavy atom. The van der Waals surface area contributed by atoms with E-state index < -0.39 is 0 Å². The Morgan fingerprint density at radius 3 is 2.82 bits per heavy atom. The van der Waals surface area contributed by atoms with Crippen molar-refractivity contribution in [3.05, 3.63) is 83.7 Å². The maximum Gasteiger partial charge on any atom is 0.319 e. The Bertz CT molecular complexity index is 1240. The van der Waals surface area contributed by atoms with Crippen LogP contribution in [0.25, 0.3) is 0 Å². The Kier molecular flexibility index (Phi) is 5.53. The quantitative estimate of drug-likeness (QED) is 0.582. The van der Waals surface area contributed by atoms with Crippen LogP contribution >= 0.6 is 0 Å². The van der Waals surface area contributed by atoms with Crippen LogP contribution in [0.1, 0.15) is 18.9 Å². The number of allylic oxidation sites excluding steroid dienone is 4. The number of hydrogen-bond acceptors (Lipinski definition) is 5. The van der Waals surface area contributed by atoms with Crippen LogP contribution in [0.3, 0.4) is 0 Å². The number of aromatic nitrogens is 1. The summed E-state index contributed by atoms with van der Waals surface area (Å²) < 4.78 is 24.9. The molecule has 174 valence electrons. The molecule has 3 N–H and O–H groups in total. The van der Waals surface area contributed by atoms with Crippen LogP contribution in [0.2, 0.25) is 0 Å². The van der Waals surface area contributed by atoms with Crippen molar-refractivity contribution < 1.29 is 23.5 Å². The molecule has 1 aromatic heterocycles. The molecule has 5 rings (SSSR count). The van der Waals surface area contributed by atoms with Gasteiger partial charge in [0, 0.05) is 23.9 Å². The average molecular weight is 462 g/mol. The van der Waals surface area contributed by atoms with E-state index in [0.717, 1.165) is 11.1 Å². The lowest BCUT2D eigenvalue weighted by atomic mass is 10.1. The molecular weight excluding hydrogens is 439 g/mol. The van der Waals surface area contributed by atoms with Crippen molar-refractivity contribution in [1.29, 1.82) is 0 Å². The number of halogens is 1. The molecule has 0 unspecified atom stereocenters. The van der Waals surface area contributed by atoms with E-state index in [-0.39, 0.29) is 35.8 Å². The number of carbonyl (C=O) groups excluding carboxylic acids is 2. The summed E-state index contributed by atoms with van der Waals surface area (Å²) in [5, 5.41) is 8.30. The fourth-order valence-electron chi connectivity index (χ4n) is 4.15. The maximum atomic E-state index is 13.0. The normalized spacial score (nSPS) is 24.0. The summed E-state index contributed by atoms with van der Waals surface area (Å²) in [6.45, 7) is 5.94. The van der Waals surface area contributed by atoms with Crippen molar-refractivity contribution in [2.75, 3.05) is 10.6 Å². The van der Waals surface area contributed by atoms with E-state index in [1.165, 1.54) is 24.3 Å². The molecule has 1 saturated heterocycles. The van der Waals surface area contributed by atoms with E-state index in [0.29, 0.717) is 41.6 Å². The number of nitrogens with one attached hydrogen (secondary N) is 3. The number of benzene rings is 1. The summed E-state index contributed by atoms with van der Waals surface area (Å²) in [5.74, 6) is 2.08. The van der Waals surface area contributed by atoms with E-state index in [9.17, 15) is 14.0 Å². The molecule has 1 saturated carbocycles. The molecule has 3 atom stereocenters. The Labute approximate surface area is 195 Å². The Balaban J connectivity index is 1.16. The van der Waals surface area contributed by atoms with Gasteiger partial charge in [-0.2, -0.15) is 0 Å². The SMILES string of the molecule is C=C1/C(=C\C=C(/C)Oc2ccnc3c2CCC(=O)N3)O[C@@H]2[C@@H](NC(=O)Nc3ccc(F)cc3)[C@H]12. The largest absolute Gasteiger partial charge is 0.487 e. The summed E-state index contributed by atoms with van der Waals surface area (Å²) in [7, 11) is 0. The Morgan fingerprint density at radius 1 is 1.29 bits per heavy atom. The first-order valence-corrected chi connectivity index (χ1v) is 10.9. The molecule has 3 heterocycles. The minimum Gasteiger partial charge on any atom is -0.487 e. The second-order valence-electron chi connectivity index (χ2n) is 8.36. The number of fused-ring (bicyclic) bond motifs is 2. The first-order chi connectivity index (χ1) is 16.4. The topological polar surface area (TPSA) is 102 Å². The van der Waals surface area contributed by atoms with Crippen molar-refractivity contribution in [1.82, 2.24) is 10.3 Å². The van der Waals surface area contributed by atoms with Crippen molar-refractivity contribution in [2.24, 2.45) is 5.92 Å². The second-order valence-corrected chi connectivity index (χ2v) is 8.36. The number of carbonyl (C=O) groups is 2. The molecule has 2 aliphatic heterocycles. The number of nitrogens with zero attached hydrogens (tertiary/aromatic N) is 1. The van der Waals surface area contributed by atoms with Gasteiger partial charge in [0.25, 0.3) is 0 Å². The molecule has 3 aliphatic rings. The Hall–Kier alpha value is -4.14. The van der Waals surface area contributed by atoms with Gasteiger partial charge in [0.15, 0.2) is 0 Å². The number of hydrogen-bond donors (Lipinski definition) is 3. The van der Waals surface area contributed by atoms with Gasteiger partial charge in [-0.3, -0.25) is 4.79 Å². The summed E-state index contributed by atoms with van der Waals surface area (Å²) in [6.07, 6.45) is 6.00. The summed E-state index contributed by atoms with van der Waals surface area (Å²) in [6, 6.07) is 6.78. The molecule has 0 spiro atoms. The van der Waals surface area contributed by atoms with Gasteiger partial charge >= 0.3 is 6.03 Å². The minimum absolute atomic E-state index is 0.00988. The molecular formula is C25H23FN4O4. The lowest BCUT2D eigenvalue weighted by Crippen LogP contribution is -2.33. The number of ether oxygens (including phenoxy) is 2. The third-order valence-electron chi connectivity index (χ3n) is 5.95. The van der Waals surface area contributed by atoms with E-state index >= 15 is 0 Å². The van der Waals surface area contributed by atoms with Crippen LogP contribution < -0.4 is 20.7 Å². The third kappa shape index (κ3) is 4.36. The van der Waals surface area contributed by atoms with E-state index in [4.69, 9.17) is 9.47 Å². The van der Waals surface area contributed by atoms with E-state index in [1.54, 1.807) is 24.4 Å². The van der Waals surface area contributed by atoms with Gasteiger partial charge in [0.1, 0.15) is 35.0 Å². The lowest BCUT2D eigenvalue weighted by molar-refractivity contribution is -0.116. The van der Waals surface area contributed by atoms with Crippen molar-refractivity contribution in [3.8, 4) is 5.75 Å². The zero-order valence-electron chi connectivity index (χ0n) is 18.4. The molecule has 0 bridgehead atoms. The molecule has 0 radical (unpaired) electrons. The van der Waals surface area contributed by atoms with Crippen molar-refractivity contribution >= 4 is 23.4 Å². The number of anilines is 2. The molecule has 1 aliphatic carbocycles. The van der Waals surface area contributed by atoms with E-state index in [2.05, 4.69) is 27.5 Å². The van der Waals surface area contributed by atoms with Gasteiger partial charge in [-0.05, 0) is 61.4 Å². The molecule has 34 heavy (non-hydrogen) atoms. The highest BCUT2D eigenvalue weighted by Gasteiger charge is 2.60. The highest BCUT2D eigenvalue weighted by molar-refractivity contribution is 5.93. The highest BCUT2D eigenvalue weighted by atomic mass is 19.1. The molecule has 8 nitrogen and oxygen atoms in total. The van der Waals surface area contributed by atoms with Crippen LogP contribution in [-0.2, 0) is 16.0 Å². The number of rotatable bonds is 5. The predicted molar refractivity (Wildman–Crippen MR) is 124 cm³/mol. The molecule has 3 amide bonds. The van der Waals surface area contributed by atoms with Crippen LogP contribution in [-0.4, -0.2) is 29.1 Å². The summed E-state index contributed by atoms with van der Waals surface area (Å²) in [4.78, 5) is 28.0. The fourth-order valence-corrected chi connectivity index (χ4v) is 4.15. The highest BCUT2D eigenvalue weighted by Crippen LogP contribution is 2.50. The number of pyridine rings is 1. The smallest absolute Gasteiger partial charge is 0.319 e. The summed E-state index contributed by atoms with van der Waals surface area (Å²) in [5.41, 5.74) is 2.19. The summed E-state index contributed by atoms with van der Waals surface area (Å²) >= 11 is 0. The zero-order valence-corrected chi connectivity index (χ0v) is 18.4. The van der Waals surface area contributed by atoms with Crippen molar-refractivity contribution in [3.63, 3.8) is 0 Å². The monoisotopic (exact) mass is 462 g/mol.